The molecule has 0 saturated carbocycles. The predicted molar refractivity (Wildman–Crippen MR) is 85.6 cm³/mol. The molecule has 2 aromatic heterocycles. The molecule has 0 radical (unpaired) electrons. The fraction of sp³-hybridized carbons (Fsp3) is 0.500. The number of nitrogens with one attached hydrogen (secondary N) is 2. The number of aryl methyl sites for hydroxylation is 2. The maximum atomic E-state index is 5.79. The molecule has 0 aromatic carbocycles. The van der Waals surface area contributed by atoms with Crippen LogP contribution in [0.4, 0.5) is 11.8 Å². The number of aromatic nitrogens is 3. The molecule has 0 fully saturated rings. The zero-order valence-corrected chi connectivity index (χ0v) is 13.2. The van der Waals surface area contributed by atoms with E-state index in [4.69, 9.17) is 5.73 Å². The Balaban J connectivity index is 1.69. The molecule has 3 heterocycles. The number of thiazole rings is 1. The molecule has 0 amide bonds. The van der Waals surface area contributed by atoms with Gasteiger partial charge in [0.15, 0.2) is 0 Å². The van der Waals surface area contributed by atoms with Crippen LogP contribution in [0.1, 0.15) is 26.8 Å². The van der Waals surface area contributed by atoms with Gasteiger partial charge < -0.3 is 16.4 Å². The Hall–Kier alpha value is -1.73. The first-order valence-corrected chi connectivity index (χ1v) is 7.98. The van der Waals surface area contributed by atoms with E-state index in [1.165, 1.54) is 10.4 Å². The number of nitrogens with two attached hydrogens (primary N) is 1. The molecule has 4 N–H and O–H groups in total. The number of hydrogen-bond donors (Lipinski definition) is 3. The van der Waals surface area contributed by atoms with Crippen molar-refractivity contribution in [2.24, 2.45) is 0 Å². The molecule has 21 heavy (non-hydrogen) atoms. The van der Waals surface area contributed by atoms with Crippen LogP contribution < -0.4 is 16.4 Å². The third-order valence-corrected chi connectivity index (χ3v) is 4.79. The Morgan fingerprint density at radius 3 is 2.90 bits per heavy atom. The molecule has 0 aliphatic carbocycles. The fourth-order valence-corrected chi connectivity index (χ4v) is 3.39. The highest BCUT2D eigenvalue weighted by Crippen LogP contribution is 2.21. The minimum Gasteiger partial charge on any atom is -0.369 e. The lowest BCUT2D eigenvalue weighted by Gasteiger charge is -2.19. The number of nitrogen functional groups attached to an aromatic ring is 1. The van der Waals surface area contributed by atoms with Gasteiger partial charge in [0.25, 0.3) is 0 Å². The Morgan fingerprint density at radius 1 is 1.29 bits per heavy atom. The second-order valence-electron chi connectivity index (χ2n) is 5.21. The summed E-state index contributed by atoms with van der Waals surface area (Å²) < 4.78 is 0. The van der Waals surface area contributed by atoms with E-state index >= 15 is 0 Å². The summed E-state index contributed by atoms with van der Waals surface area (Å²) in [6, 6.07) is 0. The van der Waals surface area contributed by atoms with E-state index in [2.05, 4.69) is 39.4 Å². The molecule has 6 nitrogen and oxygen atoms in total. The average molecular weight is 304 g/mol. The Kier molecular flexibility index (Phi) is 4.03. The lowest BCUT2D eigenvalue weighted by atomic mass is 10.1. The first-order valence-electron chi connectivity index (χ1n) is 7.16. The quantitative estimate of drug-likeness (QED) is 0.792. The summed E-state index contributed by atoms with van der Waals surface area (Å²) >= 11 is 1.76. The van der Waals surface area contributed by atoms with Crippen LogP contribution in [-0.4, -0.2) is 28.0 Å². The normalized spacial score (nSPS) is 14.0. The van der Waals surface area contributed by atoms with Gasteiger partial charge in [-0.2, -0.15) is 4.98 Å². The second-order valence-corrected chi connectivity index (χ2v) is 6.50. The van der Waals surface area contributed by atoms with Gasteiger partial charge >= 0.3 is 0 Å². The summed E-state index contributed by atoms with van der Waals surface area (Å²) in [7, 11) is 0. The lowest BCUT2D eigenvalue weighted by Crippen LogP contribution is -2.27. The number of rotatable bonds is 4. The van der Waals surface area contributed by atoms with Crippen LogP contribution >= 0.6 is 11.3 Å². The van der Waals surface area contributed by atoms with Crippen molar-refractivity contribution in [3.8, 4) is 0 Å². The van der Waals surface area contributed by atoms with Gasteiger partial charge in [0.05, 0.1) is 16.4 Å². The van der Waals surface area contributed by atoms with Crippen LogP contribution in [0.3, 0.4) is 0 Å². The fourth-order valence-electron chi connectivity index (χ4n) is 2.46. The number of anilines is 2. The molecular formula is C14H20N6S. The largest absolute Gasteiger partial charge is 0.369 e. The molecule has 7 heteroatoms. The van der Waals surface area contributed by atoms with Gasteiger partial charge in [-0.1, -0.05) is 0 Å². The van der Waals surface area contributed by atoms with Gasteiger partial charge in [-0.25, -0.2) is 9.97 Å². The molecular weight excluding hydrogens is 284 g/mol. The molecule has 0 bridgehead atoms. The highest BCUT2D eigenvalue weighted by molar-refractivity contribution is 7.11. The van der Waals surface area contributed by atoms with Gasteiger partial charge in [0, 0.05) is 30.0 Å². The van der Waals surface area contributed by atoms with Crippen LogP contribution in [-0.2, 0) is 19.4 Å². The summed E-state index contributed by atoms with van der Waals surface area (Å²) in [5.41, 5.74) is 9.12. The topological polar surface area (TPSA) is 88.8 Å². The summed E-state index contributed by atoms with van der Waals surface area (Å²) in [6.45, 7) is 6.69. The minimum absolute atomic E-state index is 0.334. The van der Waals surface area contributed by atoms with Crippen molar-refractivity contribution >= 4 is 23.1 Å². The Bertz CT molecular complexity index is 632. The standard InChI is InChI=1S/C14H20N6S/c1-8-9(2)21-12(18-8)4-6-17-13-10-3-5-16-7-11(10)19-14(15)20-13/h16H,3-7H2,1-2H3,(H3,15,17,19,20). The van der Waals surface area contributed by atoms with E-state index in [1.807, 2.05) is 0 Å². The Morgan fingerprint density at radius 2 is 2.14 bits per heavy atom. The summed E-state index contributed by atoms with van der Waals surface area (Å²) in [4.78, 5) is 14.5. The molecule has 3 rings (SSSR count). The summed E-state index contributed by atoms with van der Waals surface area (Å²) in [6.07, 6.45) is 1.84. The minimum atomic E-state index is 0.334. The Labute approximate surface area is 128 Å². The summed E-state index contributed by atoms with van der Waals surface area (Å²) in [5.74, 6) is 1.21. The van der Waals surface area contributed by atoms with Crippen molar-refractivity contribution in [1.29, 1.82) is 0 Å². The van der Waals surface area contributed by atoms with Crippen molar-refractivity contribution in [3.63, 3.8) is 0 Å². The lowest BCUT2D eigenvalue weighted by molar-refractivity contribution is 0.625. The molecule has 0 saturated heterocycles. The zero-order valence-electron chi connectivity index (χ0n) is 12.4. The van der Waals surface area contributed by atoms with Crippen LogP contribution in [0.5, 0.6) is 0 Å². The summed E-state index contributed by atoms with van der Waals surface area (Å²) in [5, 5.41) is 7.87. The SMILES string of the molecule is Cc1nc(CCNc2nc(N)nc3c2CCNC3)sc1C. The van der Waals surface area contributed by atoms with Crippen molar-refractivity contribution in [3.05, 3.63) is 26.8 Å². The van der Waals surface area contributed by atoms with E-state index < -0.39 is 0 Å². The predicted octanol–water partition coefficient (Wildman–Crippen LogP) is 1.43. The van der Waals surface area contributed by atoms with Crippen molar-refractivity contribution in [2.75, 3.05) is 24.1 Å². The molecule has 2 aromatic rings. The highest BCUT2D eigenvalue weighted by Gasteiger charge is 2.16. The van der Waals surface area contributed by atoms with Crippen molar-refractivity contribution in [2.45, 2.75) is 33.2 Å². The average Bonchev–Trinajstić information content (AvgIpc) is 2.77. The molecule has 0 atom stereocenters. The van der Waals surface area contributed by atoms with E-state index in [0.29, 0.717) is 5.95 Å². The van der Waals surface area contributed by atoms with E-state index in [0.717, 1.165) is 54.7 Å². The third kappa shape index (κ3) is 3.14. The first-order chi connectivity index (χ1) is 10.1. The number of nitrogens with zero attached hydrogens (tertiary/aromatic N) is 3. The molecule has 1 aliphatic rings. The van der Waals surface area contributed by atoms with Crippen LogP contribution in [0.15, 0.2) is 0 Å². The monoisotopic (exact) mass is 304 g/mol. The second kappa shape index (κ2) is 5.95. The third-order valence-electron chi connectivity index (χ3n) is 3.66. The van der Waals surface area contributed by atoms with Gasteiger partial charge in [0.2, 0.25) is 5.95 Å². The highest BCUT2D eigenvalue weighted by atomic mass is 32.1. The number of hydrogen-bond acceptors (Lipinski definition) is 7. The molecule has 112 valence electrons. The van der Waals surface area contributed by atoms with Gasteiger partial charge in [-0.3, -0.25) is 0 Å². The van der Waals surface area contributed by atoms with Crippen LogP contribution in [0.2, 0.25) is 0 Å². The van der Waals surface area contributed by atoms with Crippen molar-refractivity contribution < 1.29 is 0 Å². The first kappa shape index (κ1) is 14.2. The van der Waals surface area contributed by atoms with E-state index in [1.54, 1.807) is 11.3 Å². The van der Waals surface area contributed by atoms with E-state index in [-0.39, 0.29) is 0 Å². The van der Waals surface area contributed by atoms with Crippen molar-refractivity contribution in [1.82, 2.24) is 20.3 Å². The van der Waals surface area contributed by atoms with Gasteiger partial charge in [0.1, 0.15) is 5.82 Å². The molecule has 0 unspecified atom stereocenters. The maximum absolute atomic E-state index is 5.79. The smallest absolute Gasteiger partial charge is 0.222 e. The maximum Gasteiger partial charge on any atom is 0.222 e. The van der Waals surface area contributed by atoms with Gasteiger partial charge in [-0.05, 0) is 26.8 Å². The van der Waals surface area contributed by atoms with E-state index in [9.17, 15) is 0 Å². The molecule has 1 aliphatic heterocycles. The van der Waals surface area contributed by atoms with Crippen LogP contribution in [0.25, 0.3) is 0 Å². The van der Waals surface area contributed by atoms with Crippen LogP contribution in [0, 0.1) is 13.8 Å². The van der Waals surface area contributed by atoms with Gasteiger partial charge in [-0.15, -0.1) is 11.3 Å². The zero-order chi connectivity index (χ0) is 14.8. The number of fused-ring (bicyclic) bond motifs is 1. The molecule has 0 spiro atoms.